The summed E-state index contributed by atoms with van der Waals surface area (Å²) in [5.74, 6) is 0. The SMILES string of the molecule is CCc1ccc(CC(O)C2CCCCO2)nc1. The largest absolute Gasteiger partial charge is 0.390 e. The van der Waals surface area contributed by atoms with Crippen molar-refractivity contribution in [3.63, 3.8) is 0 Å². The van der Waals surface area contributed by atoms with Crippen molar-refractivity contribution in [2.75, 3.05) is 6.61 Å². The lowest BCUT2D eigenvalue weighted by atomic mass is 10.0. The number of nitrogens with zero attached hydrogens (tertiary/aromatic N) is 1. The maximum Gasteiger partial charge on any atom is 0.0857 e. The highest BCUT2D eigenvalue weighted by Crippen LogP contribution is 2.18. The average molecular weight is 235 g/mol. The van der Waals surface area contributed by atoms with Crippen LogP contribution in [0.2, 0.25) is 0 Å². The zero-order chi connectivity index (χ0) is 12.1. The number of aliphatic hydroxyl groups is 1. The Morgan fingerprint density at radius 1 is 1.47 bits per heavy atom. The summed E-state index contributed by atoms with van der Waals surface area (Å²) in [6.45, 7) is 2.89. The summed E-state index contributed by atoms with van der Waals surface area (Å²) in [6, 6.07) is 4.08. The minimum Gasteiger partial charge on any atom is -0.390 e. The fourth-order valence-corrected chi connectivity index (χ4v) is 2.20. The van der Waals surface area contributed by atoms with Crippen LogP contribution in [-0.4, -0.2) is 28.9 Å². The number of ether oxygens (including phenoxy) is 1. The van der Waals surface area contributed by atoms with Crippen molar-refractivity contribution in [2.24, 2.45) is 0 Å². The van der Waals surface area contributed by atoms with Crippen molar-refractivity contribution in [3.8, 4) is 0 Å². The number of aryl methyl sites for hydroxylation is 1. The second kappa shape index (κ2) is 6.12. The Morgan fingerprint density at radius 3 is 2.94 bits per heavy atom. The summed E-state index contributed by atoms with van der Waals surface area (Å²) in [5.41, 5.74) is 2.18. The number of aliphatic hydroxyl groups excluding tert-OH is 1. The minimum absolute atomic E-state index is 0.00333. The lowest BCUT2D eigenvalue weighted by molar-refractivity contribution is -0.0614. The highest BCUT2D eigenvalue weighted by Gasteiger charge is 2.22. The Labute approximate surface area is 103 Å². The monoisotopic (exact) mass is 235 g/mol. The molecule has 1 N–H and O–H groups in total. The zero-order valence-electron chi connectivity index (χ0n) is 10.4. The van der Waals surface area contributed by atoms with Gasteiger partial charge in [-0.3, -0.25) is 4.98 Å². The number of rotatable bonds is 4. The van der Waals surface area contributed by atoms with E-state index in [1.807, 2.05) is 12.3 Å². The Bertz CT molecular complexity index is 331. The highest BCUT2D eigenvalue weighted by atomic mass is 16.5. The molecule has 1 fully saturated rings. The van der Waals surface area contributed by atoms with Gasteiger partial charge in [-0.15, -0.1) is 0 Å². The van der Waals surface area contributed by atoms with Gasteiger partial charge in [0.25, 0.3) is 0 Å². The van der Waals surface area contributed by atoms with E-state index in [-0.39, 0.29) is 6.10 Å². The Morgan fingerprint density at radius 2 is 2.35 bits per heavy atom. The molecule has 2 unspecified atom stereocenters. The number of pyridine rings is 1. The Balaban J connectivity index is 1.89. The molecule has 1 aromatic rings. The van der Waals surface area contributed by atoms with Crippen LogP contribution in [0.25, 0.3) is 0 Å². The van der Waals surface area contributed by atoms with Crippen molar-refractivity contribution < 1.29 is 9.84 Å². The van der Waals surface area contributed by atoms with Crippen LogP contribution in [0.3, 0.4) is 0 Å². The zero-order valence-corrected chi connectivity index (χ0v) is 10.4. The summed E-state index contributed by atoms with van der Waals surface area (Å²) in [7, 11) is 0. The summed E-state index contributed by atoms with van der Waals surface area (Å²) < 4.78 is 5.58. The molecule has 1 aliphatic rings. The Hall–Kier alpha value is -0.930. The second-order valence-electron chi connectivity index (χ2n) is 4.69. The van der Waals surface area contributed by atoms with Gasteiger partial charge in [0, 0.05) is 24.9 Å². The van der Waals surface area contributed by atoms with Crippen LogP contribution >= 0.6 is 0 Å². The molecule has 0 bridgehead atoms. The van der Waals surface area contributed by atoms with Gasteiger partial charge >= 0.3 is 0 Å². The molecule has 1 aromatic heterocycles. The molecule has 2 rings (SSSR count). The first-order valence-corrected chi connectivity index (χ1v) is 6.53. The highest BCUT2D eigenvalue weighted by molar-refractivity contribution is 5.14. The predicted octanol–water partition coefficient (Wildman–Crippen LogP) is 2.12. The molecule has 17 heavy (non-hydrogen) atoms. The molecular formula is C14H21NO2. The van der Waals surface area contributed by atoms with Gasteiger partial charge in [-0.1, -0.05) is 13.0 Å². The van der Waals surface area contributed by atoms with E-state index in [0.29, 0.717) is 6.42 Å². The molecule has 0 radical (unpaired) electrons. The van der Waals surface area contributed by atoms with Crippen LogP contribution in [0.5, 0.6) is 0 Å². The minimum atomic E-state index is -0.421. The van der Waals surface area contributed by atoms with Gasteiger partial charge in [0.15, 0.2) is 0 Å². The van der Waals surface area contributed by atoms with E-state index in [9.17, 15) is 5.11 Å². The molecule has 0 saturated carbocycles. The fourth-order valence-electron chi connectivity index (χ4n) is 2.20. The van der Waals surface area contributed by atoms with Gasteiger partial charge in [-0.25, -0.2) is 0 Å². The summed E-state index contributed by atoms with van der Waals surface area (Å²) >= 11 is 0. The molecule has 2 heterocycles. The summed E-state index contributed by atoms with van der Waals surface area (Å²) in [4.78, 5) is 4.37. The molecule has 0 aromatic carbocycles. The van der Waals surface area contributed by atoms with Crippen molar-refractivity contribution in [1.82, 2.24) is 4.98 Å². The first-order chi connectivity index (χ1) is 8.29. The van der Waals surface area contributed by atoms with Crippen LogP contribution in [0.15, 0.2) is 18.3 Å². The average Bonchev–Trinajstić information content (AvgIpc) is 2.40. The molecule has 0 amide bonds. The fraction of sp³-hybridized carbons (Fsp3) is 0.643. The topological polar surface area (TPSA) is 42.4 Å². The first kappa shape index (κ1) is 12.5. The van der Waals surface area contributed by atoms with E-state index < -0.39 is 6.10 Å². The van der Waals surface area contributed by atoms with Gasteiger partial charge in [-0.2, -0.15) is 0 Å². The maximum absolute atomic E-state index is 10.1. The lowest BCUT2D eigenvalue weighted by Gasteiger charge is -2.26. The quantitative estimate of drug-likeness (QED) is 0.869. The van der Waals surface area contributed by atoms with Crippen LogP contribution in [0, 0.1) is 0 Å². The van der Waals surface area contributed by atoms with Crippen LogP contribution < -0.4 is 0 Å². The van der Waals surface area contributed by atoms with Crippen molar-refractivity contribution in [3.05, 3.63) is 29.6 Å². The van der Waals surface area contributed by atoms with E-state index in [2.05, 4.69) is 18.0 Å². The van der Waals surface area contributed by atoms with Crippen LogP contribution in [0.1, 0.15) is 37.4 Å². The van der Waals surface area contributed by atoms with E-state index in [1.54, 1.807) is 0 Å². The molecule has 3 nitrogen and oxygen atoms in total. The molecule has 3 heteroatoms. The van der Waals surface area contributed by atoms with Gasteiger partial charge in [0.05, 0.1) is 12.2 Å². The Kier molecular flexibility index (Phi) is 4.51. The third-order valence-electron chi connectivity index (χ3n) is 3.36. The predicted molar refractivity (Wildman–Crippen MR) is 66.9 cm³/mol. The van der Waals surface area contributed by atoms with Crippen LogP contribution in [0.4, 0.5) is 0 Å². The smallest absolute Gasteiger partial charge is 0.0857 e. The molecular weight excluding hydrogens is 214 g/mol. The lowest BCUT2D eigenvalue weighted by Crippen LogP contribution is -2.33. The van der Waals surface area contributed by atoms with Crippen LogP contribution in [-0.2, 0) is 17.6 Å². The molecule has 0 aliphatic carbocycles. The van der Waals surface area contributed by atoms with E-state index in [1.165, 1.54) is 5.56 Å². The molecule has 0 spiro atoms. The molecule has 1 aliphatic heterocycles. The summed E-state index contributed by atoms with van der Waals surface area (Å²) in [6.07, 6.45) is 6.30. The third-order valence-corrected chi connectivity index (χ3v) is 3.36. The van der Waals surface area contributed by atoms with E-state index in [4.69, 9.17) is 4.74 Å². The van der Waals surface area contributed by atoms with Gasteiger partial charge < -0.3 is 9.84 Å². The summed E-state index contributed by atoms with van der Waals surface area (Å²) in [5, 5.41) is 10.1. The number of hydrogen-bond acceptors (Lipinski definition) is 3. The molecule has 1 saturated heterocycles. The second-order valence-corrected chi connectivity index (χ2v) is 4.69. The first-order valence-electron chi connectivity index (χ1n) is 6.53. The van der Waals surface area contributed by atoms with Crippen molar-refractivity contribution in [1.29, 1.82) is 0 Å². The van der Waals surface area contributed by atoms with Gasteiger partial charge in [0.1, 0.15) is 0 Å². The third kappa shape index (κ3) is 3.51. The maximum atomic E-state index is 10.1. The van der Waals surface area contributed by atoms with Gasteiger partial charge in [-0.05, 0) is 37.3 Å². The number of aromatic nitrogens is 1. The molecule has 2 atom stereocenters. The van der Waals surface area contributed by atoms with E-state index >= 15 is 0 Å². The van der Waals surface area contributed by atoms with Crippen molar-refractivity contribution in [2.45, 2.75) is 51.2 Å². The normalized spacial score (nSPS) is 22.4. The standard InChI is InChI=1S/C14H21NO2/c1-2-11-6-7-12(15-10-11)9-13(16)14-5-3-4-8-17-14/h6-7,10,13-14,16H,2-5,8-9H2,1H3. The van der Waals surface area contributed by atoms with E-state index in [0.717, 1.165) is 38.0 Å². The van der Waals surface area contributed by atoms with Crippen molar-refractivity contribution >= 4 is 0 Å². The van der Waals surface area contributed by atoms with Gasteiger partial charge in [0.2, 0.25) is 0 Å². The molecule has 94 valence electrons. The number of hydrogen-bond donors (Lipinski definition) is 1.